The number of ether oxygens (including phenoxy) is 1. The van der Waals surface area contributed by atoms with Gasteiger partial charge >= 0.3 is 0 Å². The van der Waals surface area contributed by atoms with E-state index >= 15 is 0 Å². The van der Waals surface area contributed by atoms with E-state index in [1.807, 2.05) is 32.1 Å². The number of allylic oxidation sites excluding steroid dienone is 1. The van der Waals surface area contributed by atoms with Crippen molar-refractivity contribution in [2.24, 2.45) is 0 Å². The summed E-state index contributed by atoms with van der Waals surface area (Å²) in [6.45, 7) is 15.3. The summed E-state index contributed by atoms with van der Waals surface area (Å²) < 4.78 is 5.37. The Morgan fingerprint density at radius 1 is 1.18 bits per heavy atom. The first-order valence-electron chi connectivity index (χ1n) is 5.73. The minimum atomic E-state index is -0.209. The van der Waals surface area contributed by atoms with Gasteiger partial charge in [0.1, 0.15) is 0 Å². The van der Waals surface area contributed by atoms with E-state index < -0.39 is 0 Å². The van der Waals surface area contributed by atoms with Gasteiger partial charge in [0.05, 0.1) is 5.60 Å². The van der Waals surface area contributed by atoms with E-state index in [1.165, 1.54) is 11.1 Å². The van der Waals surface area contributed by atoms with Crippen LogP contribution in [0.25, 0.3) is 6.08 Å². The molecule has 0 unspecified atom stereocenters. The number of hydrogen-bond donors (Lipinski definition) is 0. The van der Waals surface area contributed by atoms with Crippen molar-refractivity contribution in [3.63, 3.8) is 0 Å². The molecule has 0 radical (unpaired) electrons. The molecule has 0 fully saturated rings. The van der Waals surface area contributed by atoms with Gasteiger partial charge in [-0.05, 0) is 38.8 Å². The zero-order chi connectivity index (χ0) is 13.5. The Bertz CT molecular complexity index is 354. The van der Waals surface area contributed by atoms with Gasteiger partial charge in [-0.2, -0.15) is 0 Å². The van der Waals surface area contributed by atoms with Crippen LogP contribution in [0.15, 0.2) is 43.0 Å². The molecular weight excluding hydrogens is 208 g/mol. The molecule has 0 amide bonds. The van der Waals surface area contributed by atoms with Crippen LogP contribution in [0.3, 0.4) is 0 Å². The molecule has 1 aromatic carbocycles. The number of hydrogen-bond acceptors (Lipinski definition) is 1. The van der Waals surface area contributed by atoms with Gasteiger partial charge in [0.2, 0.25) is 0 Å². The fourth-order valence-electron chi connectivity index (χ4n) is 1.14. The number of methoxy groups -OCH3 is 1. The zero-order valence-electron chi connectivity index (χ0n) is 11.7. The van der Waals surface area contributed by atoms with Crippen molar-refractivity contribution in [2.75, 3.05) is 7.11 Å². The maximum Gasteiger partial charge on any atom is 0.0871 e. The molecule has 1 heteroatoms. The van der Waals surface area contributed by atoms with E-state index in [0.717, 1.165) is 5.56 Å². The van der Waals surface area contributed by atoms with Crippen LogP contribution in [-0.4, -0.2) is 7.11 Å². The first-order chi connectivity index (χ1) is 7.83. The van der Waals surface area contributed by atoms with Crippen molar-refractivity contribution >= 4 is 6.08 Å². The third kappa shape index (κ3) is 6.08. The summed E-state index contributed by atoms with van der Waals surface area (Å²) in [5, 5.41) is 0. The average Bonchev–Trinajstić information content (AvgIpc) is 2.28. The largest absolute Gasteiger partial charge is 0.374 e. The average molecular weight is 232 g/mol. The maximum absolute atomic E-state index is 5.37. The molecule has 1 aromatic rings. The molecule has 0 aliphatic carbocycles. The van der Waals surface area contributed by atoms with Crippen LogP contribution in [0.5, 0.6) is 0 Å². The van der Waals surface area contributed by atoms with Crippen molar-refractivity contribution in [3.05, 3.63) is 54.1 Å². The van der Waals surface area contributed by atoms with Crippen LogP contribution in [0, 0.1) is 0 Å². The molecule has 0 aromatic heterocycles. The van der Waals surface area contributed by atoms with E-state index in [1.54, 1.807) is 7.11 Å². The molecule has 0 aliphatic rings. The van der Waals surface area contributed by atoms with E-state index in [0.29, 0.717) is 0 Å². The van der Waals surface area contributed by atoms with Gasteiger partial charge in [-0.15, -0.1) is 6.58 Å². The minimum Gasteiger partial charge on any atom is -0.374 e. The second kappa shape index (κ2) is 7.08. The Hall–Kier alpha value is -1.34. The molecule has 0 aliphatic heterocycles. The van der Waals surface area contributed by atoms with E-state index in [-0.39, 0.29) is 5.60 Å². The van der Waals surface area contributed by atoms with Crippen molar-refractivity contribution < 1.29 is 4.74 Å². The molecule has 0 spiro atoms. The molecule has 0 N–H and O–H groups in total. The summed E-state index contributed by atoms with van der Waals surface area (Å²) in [6.07, 6.45) is 1.84. The van der Waals surface area contributed by atoms with Crippen LogP contribution >= 0.6 is 0 Å². The Labute approximate surface area is 106 Å². The molecule has 17 heavy (non-hydrogen) atoms. The third-order valence-corrected chi connectivity index (χ3v) is 2.35. The number of benzene rings is 1. The topological polar surface area (TPSA) is 9.23 Å². The highest BCUT2D eigenvalue weighted by atomic mass is 16.5. The smallest absolute Gasteiger partial charge is 0.0871 e. The highest BCUT2D eigenvalue weighted by molar-refractivity contribution is 5.47. The highest BCUT2D eigenvalue weighted by Crippen LogP contribution is 2.23. The predicted molar refractivity (Wildman–Crippen MR) is 77.1 cm³/mol. The quantitative estimate of drug-likeness (QED) is 0.681. The van der Waals surface area contributed by atoms with E-state index in [9.17, 15) is 0 Å². The molecule has 1 rings (SSSR count). The Kier molecular flexibility index (Phi) is 6.52. The summed E-state index contributed by atoms with van der Waals surface area (Å²) in [7, 11) is 1.72. The lowest BCUT2D eigenvalue weighted by molar-refractivity contribution is 0.0192. The SMILES string of the molecule is C=C(C)C.C=Cc1ccc(C(C)(C)OC)cc1. The van der Waals surface area contributed by atoms with Gasteiger partial charge in [-0.3, -0.25) is 0 Å². The van der Waals surface area contributed by atoms with E-state index in [2.05, 4.69) is 39.1 Å². The standard InChI is InChI=1S/C12H16O.C4H8/c1-5-10-6-8-11(9-7-10)12(2,3)13-4;1-4(2)3/h5-9H,1H2,2-4H3;1H2,2-3H3. The van der Waals surface area contributed by atoms with Gasteiger partial charge in [0.25, 0.3) is 0 Å². The minimum absolute atomic E-state index is 0.209. The molecule has 1 nitrogen and oxygen atoms in total. The molecule has 94 valence electrons. The van der Waals surface area contributed by atoms with Crippen molar-refractivity contribution in [2.45, 2.75) is 33.3 Å². The van der Waals surface area contributed by atoms with Crippen LogP contribution in [0.2, 0.25) is 0 Å². The third-order valence-electron chi connectivity index (χ3n) is 2.35. The Balaban J connectivity index is 0.000000557. The molecule has 0 saturated carbocycles. The van der Waals surface area contributed by atoms with Gasteiger partial charge in [0.15, 0.2) is 0 Å². The second-order valence-corrected chi connectivity index (χ2v) is 4.75. The van der Waals surface area contributed by atoms with Crippen LogP contribution < -0.4 is 0 Å². The second-order valence-electron chi connectivity index (χ2n) is 4.75. The Morgan fingerprint density at radius 2 is 1.59 bits per heavy atom. The van der Waals surface area contributed by atoms with Gasteiger partial charge in [-0.1, -0.05) is 42.5 Å². The lowest BCUT2D eigenvalue weighted by atomic mass is 9.97. The molecule has 0 saturated heterocycles. The van der Waals surface area contributed by atoms with Crippen molar-refractivity contribution in [1.29, 1.82) is 0 Å². The zero-order valence-corrected chi connectivity index (χ0v) is 11.7. The van der Waals surface area contributed by atoms with Crippen LogP contribution in [0.1, 0.15) is 38.8 Å². The molecule has 0 bridgehead atoms. The van der Waals surface area contributed by atoms with Crippen molar-refractivity contribution in [3.8, 4) is 0 Å². The van der Waals surface area contributed by atoms with Gasteiger partial charge in [-0.25, -0.2) is 0 Å². The van der Waals surface area contributed by atoms with Crippen molar-refractivity contribution in [1.82, 2.24) is 0 Å². The summed E-state index contributed by atoms with van der Waals surface area (Å²) in [6, 6.07) is 8.23. The fourth-order valence-corrected chi connectivity index (χ4v) is 1.14. The Morgan fingerprint density at radius 3 is 1.88 bits per heavy atom. The molecule has 0 heterocycles. The monoisotopic (exact) mass is 232 g/mol. The molecular formula is C16H24O. The first kappa shape index (κ1) is 15.7. The number of rotatable bonds is 3. The van der Waals surface area contributed by atoms with Gasteiger partial charge < -0.3 is 4.74 Å². The van der Waals surface area contributed by atoms with Gasteiger partial charge in [0, 0.05) is 7.11 Å². The predicted octanol–water partition coefficient (Wildman–Crippen LogP) is 4.79. The lowest BCUT2D eigenvalue weighted by Gasteiger charge is -2.23. The summed E-state index contributed by atoms with van der Waals surface area (Å²) in [5.74, 6) is 0. The van der Waals surface area contributed by atoms with Crippen LogP contribution in [-0.2, 0) is 10.3 Å². The first-order valence-corrected chi connectivity index (χ1v) is 5.73. The fraction of sp³-hybridized carbons (Fsp3) is 0.375. The summed E-state index contributed by atoms with van der Waals surface area (Å²) in [4.78, 5) is 0. The van der Waals surface area contributed by atoms with E-state index in [4.69, 9.17) is 4.74 Å². The summed E-state index contributed by atoms with van der Waals surface area (Å²) >= 11 is 0. The summed E-state index contributed by atoms with van der Waals surface area (Å²) in [5.41, 5.74) is 3.27. The highest BCUT2D eigenvalue weighted by Gasteiger charge is 2.18. The lowest BCUT2D eigenvalue weighted by Crippen LogP contribution is -2.19. The molecule has 0 atom stereocenters. The van der Waals surface area contributed by atoms with Crippen LogP contribution in [0.4, 0.5) is 0 Å². The maximum atomic E-state index is 5.37. The normalized spacial score (nSPS) is 10.2.